The fraction of sp³-hybridized carbons (Fsp3) is 0.0500. The van der Waals surface area contributed by atoms with E-state index in [1.54, 1.807) is 24.3 Å². The van der Waals surface area contributed by atoms with Gasteiger partial charge in [0.15, 0.2) is 5.76 Å². The molecule has 0 saturated carbocycles. The number of anilines is 1. The minimum absolute atomic E-state index is 0.245. The van der Waals surface area contributed by atoms with E-state index in [0.717, 1.165) is 11.1 Å². The largest absolute Gasteiger partial charge is 0.459 e. The lowest BCUT2D eigenvalue weighted by Gasteiger charge is -2.04. The molecule has 0 atom stereocenters. The fourth-order valence-electron chi connectivity index (χ4n) is 2.48. The van der Waals surface area contributed by atoms with Crippen LogP contribution in [0, 0.1) is 6.92 Å². The first kappa shape index (κ1) is 15.8. The van der Waals surface area contributed by atoms with Gasteiger partial charge in [-0.3, -0.25) is 4.79 Å². The zero-order chi connectivity index (χ0) is 17.9. The molecule has 0 aliphatic heterocycles. The van der Waals surface area contributed by atoms with Gasteiger partial charge in [0.1, 0.15) is 0 Å². The Morgan fingerprint density at radius 2 is 1.69 bits per heavy atom. The van der Waals surface area contributed by atoms with Crippen LogP contribution >= 0.6 is 0 Å². The molecule has 0 unspecified atom stereocenters. The summed E-state index contributed by atoms with van der Waals surface area (Å²) in [7, 11) is 0. The van der Waals surface area contributed by atoms with Gasteiger partial charge in [-0.25, -0.2) is 0 Å². The van der Waals surface area contributed by atoms with Gasteiger partial charge in [0, 0.05) is 16.8 Å². The second-order valence-corrected chi connectivity index (χ2v) is 5.79. The third-order valence-corrected chi connectivity index (χ3v) is 3.84. The minimum atomic E-state index is -0.321. The second kappa shape index (κ2) is 6.68. The van der Waals surface area contributed by atoms with Crippen LogP contribution in [-0.4, -0.2) is 16.1 Å². The molecule has 2 aromatic carbocycles. The molecule has 4 rings (SSSR count). The number of aryl methyl sites for hydroxylation is 1. The van der Waals surface area contributed by atoms with E-state index in [4.69, 9.17) is 8.83 Å². The van der Waals surface area contributed by atoms with E-state index >= 15 is 0 Å². The Labute approximate surface area is 149 Å². The molecule has 0 saturated heterocycles. The highest BCUT2D eigenvalue weighted by atomic mass is 16.4. The number of carbonyl (C=O) groups excluding carboxylic acids is 1. The van der Waals surface area contributed by atoms with Crippen molar-refractivity contribution in [3.63, 3.8) is 0 Å². The van der Waals surface area contributed by atoms with E-state index in [1.165, 1.54) is 6.26 Å². The molecular formula is C20H15N3O3. The number of hydrogen-bond donors (Lipinski definition) is 1. The molecule has 6 heteroatoms. The van der Waals surface area contributed by atoms with Gasteiger partial charge in [0.2, 0.25) is 11.8 Å². The number of nitrogens with zero attached hydrogens (tertiary/aromatic N) is 2. The molecule has 6 nitrogen and oxygen atoms in total. The number of amides is 1. The third kappa shape index (κ3) is 3.25. The summed E-state index contributed by atoms with van der Waals surface area (Å²) in [6, 6.07) is 18.3. The van der Waals surface area contributed by atoms with Crippen LogP contribution < -0.4 is 5.32 Å². The normalized spacial score (nSPS) is 10.7. The molecule has 0 bridgehead atoms. The van der Waals surface area contributed by atoms with Crippen LogP contribution in [0.3, 0.4) is 0 Å². The lowest BCUT2D eigenvalue weighted by molar-refractivity contribution is 0.0996. The van der Waals surface area contributed by atoms with E-state index in [0.29, 0.717) is 23.0 Å². The highest BCUT2D eigenvalue weighted by Gasteiger charge is 2.13. The van der Waals surface area contributed by atoms with E-state index in [-0.39, 0.29) is 11.7 Å². The maximum absolute atomic E-state index is 12.1. The molecule has 0 aliphatic carbocycles. The Morgan fingerprint density at radius 1 is 0.923 bits per heavy atom. The monoisotopic (exact) mass is 345 g/mol. The molecular weight excluding hydrogens is 330 g/mol. The Hall–Kier alpha value is -3.67. The number of hydrogen-bond acceptors (Lipinski definition) is 5. The molecule has 1 amide bonds. The summed E-state index contributed by atoms with van der Waals surface area (Å²) in [6.07, 6.45) is 1.45. The van der Waals surface area contributed by atoms with E-state index in [9.17, 15) is 4.79 Å². The first-order valence-electron chi connectivity index (χ1n) is 8.05. The second-order valence-electron chi connectivity index (χ2n) is 5.79. The highest BCUT2D eigenvalue weighted by Crippen LogP contribution is 2.26. The maximum Gasteiger partial charge on any atom is 0.291 e. The van der Waals surface area contributed by atoms with Gasteiger partial charge in [-0.1, -0.05) is 23.8 Å². The summed E-state index contributed by atoms with van der Waals surface area (Å²) >= 11 is 0. The number of rotatable bonds is 4. The number of furan rings is 1. The molecule has 2 heterocycles. The topological polar surface area (TPSA) is 81.2 Å². The molecule has 1 N–H and O–H groups in total. The Kier molecular flexibility index (Phi) is 4.07. The quantitative estimate of drug-likeness (QED) is 0.586. The first-order valence-corrected chi connectivity index (χ1v) is 8.05. The summed E-state index contributed by atoms with van der Waals surface area (Å²) in [4.78, 5) is 12.1. The molecule has 26 heavy (non-hydrogen) atoms. The molecule has 0 fully saturated rings. The average molecular weight is 345 g/mol. The number of carbonyl (C=O) groups is 1. The summed E-state index contributed by atoms with van der Waals surface area (Å²) in [5, 5.41) is 11.0. The SMILES string of the molecule is Cc1ccc(-c2nnc(-c3cccc(NC(=O)c4ccco4)c3)o2)cc1. The van der Waals surface area contributed by atoms with Gasteiger partial charge in [-0.2, -0.15) is 0 Å². The lowest BCUT2D eigenvalue weighted by Crippen LogP contribution is -2.10. The first-order chi connectivity index (χ1) is 12.7. The van der Waals surface area contributed by atoms with Crippen molar-refractivity contribution in [1.29, 1.82) is 0 Å². The van der Waals surface area contributed by atoms with E-state index in [2.05, 4.69) is 15.5 Å². The Balaban J connectivity index is 1.57. The van der Waals surface area contributed by atoms with Crippen LogP contribution in [0.15, 0.2) is 75.8 Å². The van der Waals surface area contributed by atoms with Crippen molar-refractivity contribution in [3.8, 4) is 22.9 Å². The van der Waals surface area contributed by atoms with Crippen LogP contribution in [0.2, 0.25) is 0 Å². The van der Waals surface area contributed by atoms with Crippen LogP contribution in [0.4, 0.5) is 5.69 Å². The van der Waals surface area contributed by atoms with Crippen molar-refractivity contribution < 1.29 is 13.6 Å². The van der Waals surface area contributed by atoms with Gasteiger partial charge in [0.25, 0.3) is 5.91 Å². The van der Waals surface area contributed by atoms with Crippen molar-refractivity contribution in [1.82, 2.24) is 10.2 Å². The summed E-state index contributed by atoms with van der Waals surface area (Å²) < 4.78 is 10.9. The fourth-order valence-corrected chi connectivity index (χ4v) is 2.48. The maximum atomic E-state index is 12.1. The Morgan fingerprint density at radius 3 is 2.42 bits per heavy atom. The van der Waals surface area contributed by atoms with Gasteiger partial charge in [0.05, 0.1) is 6.26 Å². The van der Waals surface area contributed by atoms with Gasteiger partial charge >= 0.3 is 0 Å². The standard InChI is InChI=1S/C20H15N3O3/c1-13-7-9-14(10-8-13)19-22-23-20(26-19)15-4-2-5-16(12-15)21-18(24)17-6-3-11-25-17/h2-12H,1H3,(H,21,24). The minimum Gasteiger partial charge on any atom is -0.459 e. The molecule has 0 spiro atoms. The number of aromatic nitrogens is 2. The van der Waals surface area contributed by atoms with Crippen molar-refractivity contribution in [2.45, 2.75) is 6.92 Å². The van der Waals surface area contributed by atoms with Crippen LogP contribution in [-0.2, 0) is 0 Å². The predicted octanol–water partition coefficient (Wildman–Crippen LogP) is 4.56. The number of nitrogens with one attached hydrogen (secondary N) is 1. The zero-order valence-electron chi connectivity index (χ0n) is 14.0. The average Bonchev–Trinajstić information content (AvgIpc) is 3.35. The molecule has 4 aromatic rings. The lowest BCUT2D eigenvalue weighted by atomic mass is 10.1. The Bertz CT molecular complexity index is 1030. The van der Waals surface area contributed by atoms with Gasteiger partial charge in [-0.05, 0) is 49.4 Å². The smallest absolute Gasteiger partial charge is 0.291 e. The van der Waals surface area contributed by atoms with Gasteiger partial charge < -0.3 is 14.2 Å². The van der Waals surface area contributed by atoms with Crippen molar-refractivity contribution in [2.24, 2.45) is 0 Å². The summed E-state index contributed by atoms with van der Waals surface area (Å²) in [6.45, 7) is 2.02. The van der Waals surface area contributed by atoms with Crippen molar-refractivity contribution in [3.05, 3.63) is 78.3 Å². The van der Waals surface area contributed by atoms with Crippen molar-refractivity contribution in [2.75, 3.05) is 5.32 Å². The van der Waals surface area contributed by atoms with Crippen molar-refractivity contribution >= 4 is 11.6 Å². The van der Waals surface area contributed by atoms with E-state index < -0.39 is 0 Å². The number of benzene rings is 2. The molecule has 0 radical (unpaired) electrons. The summed E-state index contributed by atoms with van der Waals surface area (Å²) in [5.41, 5.74) is 3.34. The zero-order valence-corrected chi connectivity index (χ0v) is 14.0. The predicted molar refractivity (Wildman–Crippen MR) is 96.6 cm³/mol. The summed E-state index contributed by atoms with van der Waals surface area (Å²) in [5.74, 6) is 0.757. The molecule has 0 aliphatic rings. The molecule has 2 aromatic heterocycles. The van der Waals surface area contributed by atoms with Crippen LogP contribution in [0.5, 0.6) is 0 Å². The highest BCUT2D eigenvalue weighted by molar-refractivity contribution is 6.02. The molecule has 128 valence electrons. The van der Waals surface area contributed by atoms with Gasteiger partial charge in [-0.15, -0.1) is 10.2 Å². The van der Waals surface area contributed by atoms with Crippen LogP contribution in [0.25, 0.3) is 22.9 Å². The van der Waals surface area contributed by atoms with Crippen LogP contribution in [0.1, 0.15) is 16.1 Å². The third-order valence-electron chi connectivity index (χ3n) is 3.84. The van der Waals surface area contributed by atoms with E-state index in [1.807, 2.05) is 43.3 Å².